The van der Waals surface area contributed by atoms with E-state index in [0.717, 1.165) is 15.8 Å². The maximum Gasteiger partial charge on any atom is 0.241 e. The van der Waals surface area contributed by atoms with Gasteiger partial charge in [0.05, 0.1) is 15.1 Å². The topological polar surface area (TPSA) is 88.2 Å². The van der Waals surface area contributed by atoms with Gasteiger partial charge in [0.1, 0.15) is 0 Å². The molecule has 26 heavy (non-hydrogen) atoms. The first-order chi connectivity index (χ1) is 12.4. The van der Waals surface area contributed by atoms with Crippen molar-refractivity contribution in [2.45, 2.75) is 18.2 Å². The van der Waals surface area contributed by atoms with Crippen LogP contribution in [0.1, 0.15) is 12.0 Å². The minimum Gasteiger partial charge on any atom is -0.302 e. The molecule has 0 atom stereocenters. The Morgan fingerprint density at radius 1 is 1.19 bits per heavy atom. The minimum atomic E-state index is -3.68. The number of hydrogen-bond acceptors (Lipinski definition) is 5. The summed E-state index contributed by atoms with van der Waals surface area (Å²) >= 11 is 4.60. The van der Waals surface area contributed by atoms with Gasteiger partial charge in [0, 0.05) is 17.4 Å². The lowest BCUT2D eigenvalue weighted by atomic mass is 10.2. The van der Waals surface area contributed by atoms with Gasteiger partial charge in [0.15, 0.2) is 5.13 Å². The molecule has 0 aliphatic heterocycles. The molecule has 0 radical (unpaired) electrons. The second-order valence-corrected chi connectivity index (χ2v) is 9.19. The summed E-state index contributed by atoms with van der Waals surface area (Å²) in [6.45, 7) is 1.96. The van der Waals surface area contributed by atoms with E-state index in [-0.39, 0.29) is 23.8 Å². The highest BCUT2D eigenvalue weighted by Crippen LogP contribution is 2.27. The van der Waals surface area contributed by atoms with Gasteiger partial charge in [-0.05, 0) is 46.6 Å². The largest absolute Gasteiger partial charge is 0.302 e. The maximum atomic E-state index is 12.3. The molecular formula is C17H16BrN3O3S2. The summed E-state index contributed by atoms with van der Waals surface area (Å²) in [4.78, 5) is 16.6. The SMILES string of the molecule is Cc1cccc2sc(NC(=O)CCNS(=O)(=O)c3ccccc3Br)nc12. The van der Waals surface area contributed by atoms with Crippen molar-refractivity contribution in [2.24, 2.45) is 0 Å². The predicted molar refractivity (Wildman–Crippen MR) is 107 cm³/mol. The highest BCUT2D eigenvalue weighted by atomic mass is 79.9. The van der Waals surface area contributed by atoms with E-state index < -0.39 is 10.0 Å². The third-order valence-electron chi connectivity index (χ3n) is 3.64. The summed E-state index contributed by atoms with van der Waals surface area (Å²) in [5.41, 5.74) is 1.91. The van der Waals surface area contributed by atoms with Crippen molar-refractivity contribution < 1.29 is 13.2 Å². The van der Waals surface area contributed by atoms with Crippen LogP contribution >= 0.6 is 27.3 Å². The van der Waals surface area contributed by atoms with Crippen LogP contribution in [0.3, 0.4) is 0 Å². The fraction of sp³-hybridized carbons (Fsp3) is 0.176. The first-order valence-corrected chi connectivity index (χ1v) is 10.9. The first-order valence-electron chi connectivity index (χ1n) is 7.77. The smallest absolute Gasteiger partial charge is 0.241 e. The number of para-hydroxylation sites is 1. The van der Waals surface area contributed by atoms with Gasteiger partial charge in [-0.15, -0.1) is 0 Å². The Labute approximate surface area is 163 Å². The third-order valence-corrected chi connectivity index (χ3v) is 7.05. The standard InChI is InChI=1S/C17H16BrN3O3S2/c1-11-5-4-7-13-16(11)21-17(25-13)20-15(22)9-10-19-26(23,24)14-8-3-2-6-12(14)18/h2-8,19H,9-10H2,1H3,(H,20,21,22). The molecule has 0 aliphatic rings. The van der Waals surface area contributed by atoms with Crippen molar-refractivity contribution in [3.05, 3.63) is 52.5 Å². The van der Waals surface area contributed by atoms with Gasteiger partial charge in [-0.25, -0.2) is 18.1 Å². The molecule has 2 aromatic carbocycles. The third kappa shape index (κ3) is 4.29. The number of amides is 1. The fourth-order valence-corrected chi connectivity index (χ4v) is 5.35. The van der Waals surface area contributed by atoms with Crippen molar-refractivity contribution in [2.75, 3.05) is 11.9 Å². The fourth-order valence-electron chi connectivity index (χ4n) is 2.36. The number of nitrogens with zero attached hydrogens (tertiary/aromatic N) is 1. The second kappa shape index (κ2) is 7.83. The lowest BCUT2D eigenvalue weighted by Gasteiger charge is -2.08. The number of fused-ring (bicyclic) bond motifs is 1. The molecule has 3 aromatic rings. The van der Waals surface area contributed by atoms with Gasteiger partial charge in [-0.3, -0.25) is 4.79 Å². The van der Waals surface area contributed by atoms with Crippen LogP contribution < -0.4 is 10.0 Å². The Bertz CT molecular complexity index is 1060. The number of anilines is 1. The van der Waals surface area contributed by atoms with E-state index in [0.29, 0.717) is 9.60 Å². The molecule has 9 heteroatoms. The molecule has 0 fully saturated rings. The van der Waals surface area contributed by atoms with Crippen LogP contribution in [0.4, 0.5) is 5.13 Å². The van der Waals surface area contributed by atoms with Crippen LogP contribution in [0.5, 0.6) is 0 Å². The van der Waals surface area contributed by atoms with Gasteiger partial charge in [-0.1, -0.05) is 35.6 Å². The van der Waals surface area contributed by atoms with Gasteiger partial charge >= 0.3 is 0 Å². The van der Waals surface area contributed by atoms with E-state index in [9.17, 15) is 13.2 Å². The second-order valence-electron chi connectivity index (χ2n) is 5.57. The van der Waals surface area contributed by atoms with Crippen LogP contribution in [0.15, 0.2) is 51.8 Å². The Kier molecular flexibility index (Phi) is 5.71. The average Bonchev–Trinajstić information content (AvgIpc) is 2.98. The van der Waals surface area contributed by atoms with Gasteiger partial charge < -0.3 is 5.32 Å². The van der Waals surface area contributed by atoms with E-state index in [1.165, 1.54) is 17.4 Å². The van der Waals surface area contributed by atoms with Crippen molar-refractivity contribution >= 4 is 58.5 Å². The van der Waals surface area contributed by atoms with E-state index in [4.69, 9.17) is 0 Å². The number of aromatic nitrogens is 1. The molecule has 0 aliphatic carbocycles. The van der Waals surface area contributed by atoms with Crippen molar-refractivity contribution in [1.82, 2.24) is 9.71 Å². The number of sulfonamides is 1. The van der Waals surface area contributed by atoms with Crippen LogP contribution in [0.2, 0.25) is 0 Å². The highest BCUT2D eigenvalue weighted by Gasteiger charge is 2.17. The van der Waals surface area contributed by atoms with Crippen molar-refractivity contribution in [1.29, 1.82) is 0 Å². The molecule has 0 unspecified atom stereocenters. The van der Waals surface area contributed by atoms with Crippen LogP contribution in [-0.2, 0) is 14.8 Å². The summed E-state index contributed by atoms with van der Waals surface area (Å²) in [5, 5.41) is 3.23. The average molecular weight is 454 g/mol. The Morgan fingerprint density at radius 2 is 1.96 bits per heavy atom. The van der Waals surface area contributed by atoms with E-state index in [1.54, 1.807) is 18.2 Å². The number of aryl methyl sites for hydroxylation is 1. The number of rotatable bonds is 6. The summed E-state index contributed by atoms with van der Waals surface area (Å²) in [6, 6.07) is 12.4. The normalized spacial score (nSPS) is 11.6. The summed E-state index contributed by atoms with van der Waals surface area (Å²) in [5.74, 6) is -0.295. The summed E-state index contributed by atoms with van der Waals surface area (Å²) in [7, 11) is -3.68. The summed E-state index contributed by atoms with van der Waals surface area (Å²) in [6.07, 6.45) is 0.0125. The number of nitrogens with one attached hydrogen (secondary N) is 2. The van der Waals surface area contributed by atoms with Crippen molar-refractivity contribution in [3.8, 4) is 0 Å². The van der Waals surface area contributed by atoms with Gasteiger partial charge in [-0.2, -0.15) is 0 Å². The van der Waals surface area contributed by atoms with E-state index in [2.05, 4.69) is 31.0 Å². The predicted octanol–water partition coefficient (Wildman–Crippen LogP) is 3.67. The zero-order valence-electron chi connectivity index (χ0n) is 13.8. The van der Waals surface area contributed by atoms with Crippen molar-refractivity contribution in [3.63, 3.8) is 0 Å². The molecule has 136 valence electrons. The number of benzene rings is 2. The Hall–Kier alpha value is -1.81. The highest BCUT2D eigenvalue weighted by molar-refractivity contribution is 9.10. The Balaban J connectivity index is 1.59. The molecule has 2 N–H and O–H groups in total. The summed E-state index contributed by atoms with van der Waals surface area (Å²) < 4.78 is 28.4. The molecule has 3 rings (SSSR count). The molecule has 0 bridgehead atoms. The molecule has 1 aromatic heterocycles. The minimum absolute atomic E-state index is 0.000572. The molecule has 1 heterocycles. The molecule has 1 amide bonds. The Morgan fingerprint density at radius 3 is 2.69 bits per heavy atom. The molecule has 0 spiro atoms. The maximum absolute atomic E-state index is 12.3. The number of carbonyl (C=O) groups is 1. The molecule has 0 saturated heterocycles. The molecular weight excluding hydrogens is 438 g/mol. The van der Waals surface area contributed by atoms with Gasteiger partial charge in [0.2, 0.25) is 15.9 Å². The lowest BCUT2D eigenvalue weighted by molar-refractivity contribution is -0.116. The van der Waals surface area contributed by atoms with E-state index in [1.807, 2.05) is 25.1 Å². The molecule has 0 saturated carbocycles. The number of thiazole rings is 1. The van der Waals surface area contributed by atoms with Crippen LogP contribution in [-0.4, -0.2) is 25.9 Å². The van der Waals surface area contributed by atoms with Crippen LogP contribution in [0, 0.1) is 6.92 Å². The number of carbonyl (C=O) groups excluding carboxylic acids is 1. The van der Waals surface area contributed by atoms with Crippen LogP contribution in [0.25, 0.3) is 10.2 Å². The monoisotopic (exact) mass is 453 g/mol. The number of hydrogen-bond donors (Lipinski definition) is 2. The van der Waals surface area contributed by atoms with Gasteiger partial charge in [0.25, 0.3) is 0 Å². The number of halogens is 1. The quantitative estimate of drug-likeness (QED) is 0.595. The lowest BCUT2D eigenvalue weighted by Crippen LogP contribution is -2.28. The zero-order valence-corrected chi connectivity index (χ0v) is 17.0. The zero-order chi connectivity index (χ0) is 18.7. The van der Waals surface area contributed by atoms with E-state index >= 15 is 0 Å². The molecule has 6 nitrogen and oxygen atoms in total. The first kappa shape index (κ1) is 19.0.